The fraction of sp³-hybridized carbons (Fsp3) is 0.538. The van der Waals surface area contributed by atoms with Crippen LogP contribution < -0.4 is 10.0 Å². The first-order valence-electron chi connectivity index (χ1n) is 6.27. The third-order valence-electron chi connectivity index (χ3n) is 3.08. The Morgan fingerprint density at radius 3 is 2.47 bits per heavy atom. The molecule has 5 nitrogen and oxygen atoms in total. The van der Waals surface area contributed by atoms with E-state index in [1.165, 1.54) is 0 Å². The maximum Gasteiger partial charge on any atom is 0.240 e. The number of rotatable bonds is 7. The van der Waals surface area contributed by atoms with E-state index in [1.807, 2.05) is 38.1 Å². The van der Waals surface area contributed by atoms with Crippen molar-refractivity contribution in [3.05, 3.63) is 29.8 Å². The van der Waals surface area contributed by atoms with Crippen LogP contribution >= 0.6 is 0 Å². The van der Waals surface area contributed by atoms with Crippen LogP contribution in [0.3, 0.4) is 0 Å². The number of sulfonamides is 1. The van der Waals surface area contributed by atoms with Gasteiger partial charge in [0.15, 0.2) is 0 Å². The second kappa shape index (κ2) is 7.00. The summed E-state index contributed by atoms with van der Waals surface area (Å²) in [5, 5.41) is 2.98. The van der Waals surface area contributed by atoms with Gasteiger partial charge >= 0.3 is 0 Å². The van der Waals surface area contributed by atoms with Crippen molar-refractivity contribution in [2.24, 2.45) is 0 Å². The van der Waals surface area contributed by atoms with Gasteiger partial charge in [0, 0.05) is 19.1 Å². The molecule has 1 aromatic rings. The van der Waals surface area contributed by atoms with Gasteiger partial charge in [-0.05, 0) is 39.7 Å². The van der Waals surface area contributed by atoms with Gasteiger partial charge in [0.05, 0.1) is 4.90 Å². The maximum atomic E-state index is 12.3. The van der Waals surface area contributed by atoms with Crippen LogP contribution in [0.5, 0.6) is 0 Å². The van der Waals surface area contributed by atoms with Gasteiger partial charge in [0.25, 0.3) is 0 Å². The van der Waals surface area contributed by atoms with Gasteiger partial charge in [-0.1, -0.05) is 18.2 Å². The molecule has 0 saturated heterocycles. The maximum absolute atomic E-state index is 12.3. The smallest absolute Gasteiger partial charge is 0.240 e. The van der Waals surface area contributed by atoms with Crippen molar-refractivity contribution in [3.63, 3.8) is 0 Å². The third-order valence-corrected chi connectivity index (χ3v) is 4.60. The highest BCUT2D eigenvalue weighted by atomic mass is 32.2. The van der Waals surface area contributed by atoms with E-state index in [9.17, 15) is 8.42 Å². The molecule has 1 atom stereocenters. The van der Waals surface area contributed by atoms with Gasteiger partial charge in [-0.2, -0.15) is 0 Å². The van der Waals surface area contributed by atoms with Crippen molar-refractivity contribution in [2.75, 3.05) is 27.7 Å². The second-order valence-corrected chi connectivity index (χ2v) is 6.54. The molecule has 0 heterocycles. The Hall–Kier alpha value is -0.950. The minimum Gasteiger partial charge on any atom is -0.316 e. The van der Waals surface area contributed by atoms with Crippen LogP contribution in [-0.2, 0) is 16.6 Å². The molecule has 0 aliphatic carbocycles. The van der Waals surface area contributed by atoms with Gasteiger partial charge in [-0.15, -0.1) is 0 Å². The van der Waals surface area contributed by atoms with Crippen molar-refractivity contribution in [3.8, 4) is 0 Å². The Bertz CT molecular complexity index is 500. The van der Waals surface area contributed by atoms with Gasteiger partial charge in [-0.3, -0.25) is 0 Å². The molecule has 0 radical (unpaired) electrons. The predicted octanol–water partition coefficient (Wildman–Crippen LogP) is 0.634. The monoisotopic (exact) mass is 285 g/mol. The lowest BCUT2D eigenvalue weighted by atomic mass is 10.2. The molecule has 6 heteroatoms. The Morgan fingerprint density at radius 2 is 1.89 bits per heavy atom. The second-order valence-electron chi connectivity index (χ2n) is 4.80. The van der Waals surface area contributed by atoms with Crippen LogP contribution in [0.1, 0.15) is 12.5 Å². The largest absolute Gasteiger partial charge is 0.316 e. The van der Waals surface area contributed by atoms with E-state index >= 15 is 0 Å². The fourth-order valence-electron chi connectivity index (χ4n) is 1.59. The lowest BCUT2D eigenvalue weighted by Gasteiger charge is -2.20. The zero-order valence-corrected chi connectivity index (χ0v) is 12.8. The summed E-state index contributed by atoms with van der Waals surface area (Å²) in [4.78, 5) is 2.32. The Kier molecular flexibility index (Phi) is 5.93. The topological polar surface area (TPSA) is 61.4 Å². The van der Waals surface area contributed by atoms with Gasteiger partial charge in [-0.25, -0.2) is 13.1 Å². The lowest BCUT2D eigenvalue weighted by molar-refractivity contribution is 0.314. The first kappa shape index (κ1) is 16.1. The summed E-state index contributed by atoms with van der Waals surface area (Å²) in [5.74, 6) is 0. The predicted molar refractivity (Wildman–Crippen MR) is 77.5 cm³/mol. The average Bonchev–Trinajstić information content (AvgIpc) is 2.37. The molecule has 0 saturated carbocycles. The highest BCUT2D eigenvalue weighted by Crippen LogP contribution is 2.15. The van der Waals surface area contributed by atoms with Gasteiger partial charge in [0.2, 0.25) is 10.0 Å². The number of hydrogen-bond donors (Lipinski definition) is 2. The average molecular weight is 285 g/mol. The van der Waals surface area contributed by atoms with E-state index in [0.29, 0.717) is 18.0 Å². The molecule has 1 unspecified atom stereocenters. The molecule has 0 aliphatic rings. The molecule has 0 bridgehead atoms. The molecule has 2 N–H and O–H groups in total. The molecule has 0 amide bonds. The molecule has 0 fully saturated rings. The van der Waals surface area contributed by atoms with Gasteiger partial charge < -0.3 is 10.2 Å². The number of nitrogens with one attached hydrogen (secondary N) is 2. The first-order valence-corrected chi connectivity index (χ1v) is 7.75. The summed E-state index contributed by atoms with van der Waals surface area (Å²) in [6, 6.07) is 7.18. The van der Waals surface area contributed by atoms with Crippen LogP contribution in [0.2, 0.25) is 0 Å². The van der Waals surface area contributed by atoms with E-state index in [0.717, 1.165) is 5.56 Å². The minimum atomic E-state index is -3.46. The summed E-state index contributed by atoms with van der Waals surface area (Å²) >= 11 is 0. The van der Waals surface area contributed by atoms with Crippen molar-refractivity contribution in [1.82, 2.24) is 14.9 Å². The van der Waals surface area contributed by atoms with E-state index in [1.54, 1.807) is 19.2 Å². The standard InChI is InChI=1S/C13H23N3O2S/c1-11(16(3)4)9-15-19(17,18)13-8-6-5-7-12(13)10-14-2/h5-8,11,14-15H,9-10H2,1-4H3. The summed E-state index contributed by atoms with van der Waals surface area (Å²) in [6.07, 6.45) is 0. The molecular formula is C13H23N3O2S. The van der Waals surface area contributed by atoms with Crippen LogP contribution in [-0.4, -0.2) is 47.0 Å². The number of hydrogen-bond acceptors (Lipinski definition) is 4. The van der Waals surface area contributed by atoms with Crippen LogP contribution in [0.15, 0.2) is 29.2 Å². The Labute approximate surface area is 116 Å². The quantitative estimate of drug-likeness (QED) is 0.771. The minimum absolute atomic E-state index is 0.145. The molecule has 1 aromatic carbocycles. The Morgan fingerprint density at radius 1 is 1.26 bits per heavy atom. The zero-order chi connectivity index (χ0) is 14.5. The highest BCUT2D eigenvalue weighted by molar-refractivity contribution is 7.89. The summed E-state index contributed by atoms with van der Waals surface area (Å²) in [5.41, 5.74) is 0.773. The van der Waals surface area contributed by atoms with E-state index in [4.69, 9.17) is 0 Å². The summed E-state index contributed by atoms with van der Waals surface area (Å²) in [6.45, 7) is 2.89. The van der Waals surface area contributed by atoms with E-state index in [2.05, 4.69) is 10.0 Å². The summed E-state index contributed by atoms with van der Waals surface area (Å²) in [7, 11) is 2.19. The zero-order valence-electron chi connectivity index (χ0n) is 12.0. The molecule has 19 heavy (non-hydrogen) atoms. The van der Waals surface area contributed by atoms with Gasteiger partial charge in [0.1, 0.15) is 0 Å². The molecule has 0 spiro atoms. The van der Waals surface area contributed by atoms with Crippen molar-refractivity contribution >= 4 is 10.0 Å². The highest BCUT2D eigenvalue weighted by Gasteiger charge is 2.18. The number of nitrogens with zero attached hydrogens (tertiary/aromatic N) is 1. The molecule has 0 aliphatic heterocycles. The SMILES string of the molecule is CNCc1ccccc1S(=O)(=O)NCC(C)N(C)C. The molecule has 1 rings (SSSR count). The number of benzene rings is 1. The van der Waals surface area contributed by atoms with E-state index < -0.39 is 10.0 Å². The summed E-state index contributed by atoms with van der Waals surface area (Å²) < 4.78 is 27.3. The van der Waals surface area contributed by atoms with Crippen LogP contribution in [0.25, 0.3) is 0 Å². The van der Waals surface area contributed by atoms with Crippen molar-refractivity contribution in [2.45, 2.75) is 24.4 Å². The normalized spacial score (nSPS) is 13.7. The van der Waals surface area contributed by atoms with Crippen molar-refractivity contribution in [1.29, 1.82) is 0 Å². The molecule has 0 aromatic heterocycles. The van der Waals surface area contributed by atoms with Crippen molar-refractivity contribution < 1.29 is 8.42 Å². The van der Waals surface area contributed by atoms with E-state index in [-0.39, 0.29) is 6.04 Å². The third kappa shape index (κ3) is 4.58. The lowest BCUT2D eigenvalue weighted by Crippen LogP contribution is -2.38. The fourth-order valence-corrected chi connectivity index (χ4v) is 2.95. The van der Waals surface area contributed by atoms with Crippen LogP contribution in [0.4, 0.5) is 0 Å². The van der Waals surface area contributed by atoms with Crippen LogP contribution in [0, 0.1) is 0 Å². The first-order chi connectivity index (χ1) is 8.88. The molecular weight excluding hydrogens is 262 g/mol. The molecule has 108 valence electrons. The Balaban J connectivity index is 2.88. The number of likely N-dealkylation sites (N-methyl/N-ethyl adjacent to an activating group) is 1.